The first kappa shape index (κ1) is 53.5. The Morgan fingerprint density at radius 1 is 0.392 bits per heavy atom. The van der Waals surface area contributed by atoms with Gasteiger partial charge in [0.1, 0.15) is 36.2 Å². The molecule has 0 saturated heterocycles. The number of aryl methyl sites for hydroxylation is 2. The second kappa shape index (κ2) is 24.8. The van der Waals surface area contributed by atoms with Gasteiger partial charge in [0.05, 0.1) is 44.8 Å². The fourth-order valence-corrected chi connectivity index (χ4v) is 6.93. The standard InChI is InChI=1S/C31H26N2O8.C24H22N2O7/c1-18-3-10-23(11-4-18)41-24-12-8-22(9-13-24)33-40-17-21-6-5-19(15-26(21)30(36)37)28(34)20-7-14-25(29(35)32-2)27(16-20)31(38)39;1-14-3-7-17(8-4-14)33-18-9-5-16(6-10-18)26-32-13-15-11-20(22(27)25-2)21(24(30)31)12-19(15)23(28)29/h3-16,33H,17H2,1-2H3,(H,32,35)(H,36,37)(H,38,39);3-12,26H,13H2,1-2H3,(H,25,27)(H,28,29)(H,30,31). The highest BCUT2D eigenvalue weighted by atomic mass is 16.6. The Morgan fingerprint density at radius 2 is 0.757 bits per heavy atom. The summed E-state index contributed by atoms with van der Waals surface area (Å²) >= 11 is 0. The predicted octanol–water partition coefficient (Wildman–Crippen LogP) is 9.41. The molecular formula is C55H48N4O15. The summed E-state index contributed by atoms with van der Waals surface area (Å²) in [7, 11) is 2.71. The molecular weight excluding hydrogens is 957 g/mol. The van der Waals surface area contributed by atoms with Crippen molar-refractivity contribution in [2.45, 2.75) is 27.1 Å². The van der Waals surface area contributed by atoms with Gasteiger partial charge in [-0.3, -0.25) is 35.0 Å². The van der Waals surface area contributed by atoms with Gasteiger partial charge in [0, 0.05) is 25.2 Å². The number of ether oxygens (including phenoxy) is 2. The number of anilines is 2. The molecule has 7 rings (SSSR count). The Labute approximate surface area is 422 Å². The van der Waals surface area contributed by atoms with Gasteiger partial charge in [-0.1, -0.05) is 53.6 Å². The fraction of sp³-hybridized carbons (Fsp3) is 0.109. The molecule has 74 heavy (non-hydrogen) atoms. The lowest BCUT2D eigenvalue weighted by atomic mass is 9.95. The Kier molecular flexibility index (Phi) is 17.9. The van der Waals surface area contributed by atoms with Crippen molar-refractivity contribution in [1.29, 1.82) is 0 Å². The van der Waals surface area contributed by atoms with E-state index in [1.807, 2.05) is 62.4 Å². The molecule has 0 spiro atoms. The third-order valence-electron chi connectivity index (χ3n) is 10.8. The van der Waals surface area contributed by atoms with Gasteiger partial charge in [0.2, 0.25) is 0 Å². The molecule has 0 aliphatic carbocycles. The van der Waals surface area contributed by atoms with Gasteiger partial charge in [-0.05, 0) is 128 Å². The molecule has 8 N–H and O–H groups in total. The zero-order chi connectivity index (χ0) is 53.5. The van der Waals surface area contributed by atoms with E-state index in [2.05, 4.69) is 21.6 Å². The van der Waals surface area contributed by atoms with Gasteiger partial charge >= 0.3 is 23.9 Å². The first-order chi connectivity index (χ1) is 35.4. The van der Waals surface area contributed by atoms with Crippen LogP contribution in [0.3, 0.4) is 0 Å². The van der Waals surface area contributed by atoms with Gasteiger partial charge in [-0.15, -0.1) is 0 Å². The average molecular weight is 1010 g/mol. The highest BCUT2D eigenvalue weighted by molar-refractivity contribution is 6.13. The zero-order valence-electron chi connectivity index (χ0n) is 40.1. The number of hydrogen-bond donors (Lipinski definition) is 8. The third-order valence-corrected chi connectivity index (χ3v) is 10.8. The quantitative estimate of drug-likeness (QED) is 0.0261. The normalized spacial score (nSPS) is 10.4. The van der Waals surface area contributed by atoms with Crippen molar-refractivity contribution >= 4 is 52.8 Å². The van der Waals surface area contributed by atoms with Crippen molar-refractivity contribution in [3.05, 3.63) is 212 Å². The number of amides is 2. The van der Waals surface area contributed by atoms with Crippen LogP contribution in [0.4, 0.5) is 11.4 Å². The molecule has 0 aliphatic heterocycles. The van der Waals surface area contributed by atoms with Crippen molar-refractivity contribution in [3.63, 3.8) is 0 Å². The van der Waals surface area contributed by atoms with Crippen molar-refractivity contribution in [3.8, 4) is 23.0 Å². The van der Waals surface area contributed by atoms with Crippen LogP contribution in [0.2, 0.25) is 0 Å². The van der Waals surface area contributed by atoms with E-state index >= 15 is 0 Å². The highest BCUT2D eigenvalue weighted by Gasteiger charge is 2.23. The summed E-state index contributed by atoms with van der Waals surface area (Å²) in [5.74, 6) is -4.58. The van der Waals surface area contributed by atoms with Crippen LogP contribution >= 0.6 is 0 Å². The lowest BCUT2D eigenvalue weighted by molar-refractivity contribution is 0.0675. The summed E-state index contributed by atoms with van der Waals surface area (Å²) in [4.78, 5) is 94.7. The number of rotatable bonds is 20. The molecule has 0 aliphatic rings. The van der Waals surface area contributed by atoms with E-state index in [4.69, 9.17) is 19.1 Å². The molecule has 2 amide bonds. The summed E-state index contributed by atoms with van der Waals surface area (Å²) in [6.07, 6.45) is 0. The lowest BCUT2D eigenvalue weighted by Crippen LogP contribution is -2.22. The number of carboxylic acid groups (broad SMARTS) is 4. The largest absolute Gasteiger partial charge is 0.478 e. The molecule has 0 unspecified atom stereocenters. The number of aromatic carboxylic acids is 4. The third kappa shape index (κ3) is 14.2. The SMILES string of the molecule is CNC(=O)c1cc(CONc2ccc(Oc3ccc(C)cc3)cc2)c(C(=O)O)cc1C(=O)O.CNC(=O)c1ccc(C(=O)c2ccc(CONc3ccc(Oc4ccc(C)cc4)cc3)c(C(=O)O)c2)cc1C(=O)O. The first-order valence-corrected chi connectivity index (χ1v) is 22.2. The van der Waals surface area contributed by atoms with E-state index < -0.39 is 47.0 Å². The maximum atomic E-state index is 13.1. The van der Waals surface area contributed by atoms with Gasteiger partial charge in [-0.25, -0.2) is 19.2 Å². The van der Waals surface area contributed by atoms with Crippen LogP contribution in [0.25, 0.3) is 0 Å². The molecule has 0 atom stereocenters. The number of carboxylic acids is 4. The molecule has 378 valence electrons. The smallest absolute Gasteiger partial charge is 0.336 e. The topological polar surface area (TPSA) is 285 Å². The summed E-state index contributed by atoms with van der Waals surface area (Å²) < 4.78 is 11.6. The Balaban J connectivity index is 0.000000247. The van der Waals surface area contributed by atoms with Crippen LogP contribution in [0.1, 0.15) is 100 Å². The number of hydrogen-bond acceptors (Lipinski definition) is 13. The molecule has 0 fully saturated rings. The van der Waals surface area contributed by atoms with Gasteiger partial charge < -0.3 is 40.5 Å². The summed E-state index contributed by atoms with van der Waals surface area (Å²) in [6, 6.07) is 39.1. The summed E-state index contributed by atoms with van der Waals surface area (Å²) in [6.45, 7) is 3.63. The maximum Gasteiger partial charge on any atom is 0.336 e. The zero-order valence-corrected chi connectivity index (χ0v) is 40.1. The number of carbonyl (C=O) groups is 7. The van der Waals surface area contributed by atoms with Crippen LogP contribution < -0.4 is 31.1 Å². The van der Waals surface area contributed by atoms with Crippen molar-refractivity contribution < 1.29 is 73.1 Å². The van der Waals surface area contributed by atoms with Crippen molar-refractivity contribution in [2.24, 2.45) is 0 Å². The minimum Gasteiger partial charge on any atom is -0.478 e. The molecule has 0 aromatic heterocycles. The van der Waals surface area contributed by atoms with Crippen LogP contribution in [0.5, 0.6) is 23.0 Å². The Bertz CT molecular complexity index is 3210. The number of benzene rings is 7. The van der Waals surface area contributed by atoms with E-state index in [0.717, 1.165) is 23.3 Å². The number of ketones is 1. The van der Waals surface area contributed by atoms with E-state index in [0.29, 0.717) is 39.9 Å². The van der Waals surface area contributed by atoms with E-state index in [1.165, 1.54) is 50.5 Å². The second-order valence-corrected chi connectivity index (χ2v) is 16.1. The number of nitrogens with one attached hydrogen (secondary N) is 4. The molecule has 19 nitrogen and oxygen atoms in total. The van der Waals surface area contributed by atoms with E-state index in [-0.39, 0.29) is 57.7 Å². The first-order valence-electron chi connectivity index (χ1n) is 22.2. The molecule has 19 heteroatoms. The maximum absolute atomic E-state index is 13.1. The van der Waals surface area contributed by atoms with Crippen LogP contribution in [0, 0.1) is 13.8 Å². The molecule has 0 heterocycles. The van der Waals surface area contributed by atoms with Crippen LogP contribution in [-0.4, -0.2) is 76.0 Å². The Morgan fingerprint density at radius 3 is 1.19 bits per heavy atom. The molecule has 0 radical (unpaired) electrons. The molecule has 0 saturated carbocycles. The minimum atomic E-state index is -1.41. The fourth-order valence-electron chi connectivity index (χ4n) is 6.93. The molecule has 7 aromatic carbocycles. The van der Waals surface area contributed by atoms with Gasteiger partial charge in [0.15, 0.2) is 5.78 Å². The summed E-state index contributed by atoms with van der Waals surface area (Å²) in [5.41, 5.74) is 7.92. The average Bonchev–Trinajstić information content (AvgIpc) is 3.40. The monoisotopic (exact) mass is 1000 g/mol. The highest BCUT2D eigenvalue weighted by Crippen LogP contribution is 2.27. The van der Waals surface area contributed by atoms with E-state index in [1.54, 1.807) is 48.5 Å². The van der Waals surface area contributed by atoms with E-state index in [9.17, 15) is 54.0 Å². The van der Waals surface area contributed by atoms with Gasteiger partial charge in [0.25, 0.3) is 11.8 Å². The van der Waals surface area contributed by atoms with Crippen LogP contribution in [0.15, 0.2) is 146 Å². The van der Waals surface area contributed by atoms with Crippen LogP contribution in [-0.2, 0) is 22.9 Å². The summed E-state index contributed by atoms with van der Waals surface area (Å²) in [5, 5.41) is 42.7. The number of carbonyl (C=O) groups excluding carboxylic acids is 3. The molecule has 7 aromatic rings. The van der Waals surface area contributed by atoms with Crippen molar-refractivity contribution in [1.82, 2.24) is 10.6 Å². The minimum absolute atomic E-state index is 0.00753. The van der Waals surface area contributed by atoms with Crippen molar-refractivity contribution in [2.75, 3.05) is 25.1 Å². The second-order valence-electron chi connectivity index (χ2n) is 16.1. The predicted molar refractivity (Wildman–Crippen MR) is 270 cm³/mol. The Hall–Kier alpha value is -9.85. The van der Waals surface area contributed by atoms with Gasteiger partial charge in [-0.2, -0.15) is 0 Å². The lowest BCUT2D eigenvalue weighted by Gasteiger charge is -2.13. The molecule has 0 bridgehead atoms.